The van der Waals surface area contributed by atoms with Gasteiger partial charge >= 0.3 is 5.97 Å². The average molecular weight is 538 g/mol. The molecule has 38 heavy (non-hydrogen) atoms. The SMILES string of the molecule is COCC(C(=O)O)N1CC(Oc2c(C#N)ccc3cn(Cc4c(S(C)(=O)=O)cc(C)c5[nH]ccc45)nc23)C1. The number of likely N-dealkylation sites (tertiary alicyclic amines) is 1. The molecule has 11 nitrogen and oxygen atoms in total. The van der Waals surface area contributed by atoms with E-state index in [0.717, 1.165) is 21.9 Å². The molecule has 0 aliphatic carbocycles. The van der Waals surface area contributed by atoms with Crippen molar-refractivity contribution < 1.29 is 27.8 Å². The number of aromatic amines is 1. The number of hydrogen-bond donors (Lipinski definition) is 2. The molecule has 3 heterocycles. The molecule has 0 radical (unpaired) electrons. The fourth-order valence-electron chi connectivity index (χ4n) is 4.95. The Bertz CT molecular complexity index is 1690. The molecule has 5 rings (SSSR count). The third-order valence-electron chi connectivity index (χ3n) is 6.84. The monoisotopic (exact) mass is 537 g/mol. The van der Waals surface area contributed by atoms with E-state index in [-0.39, 0.29) is 24.2 Å². The normalized spacial score (nSPS) is 15.4. The van der Waals surface area contributed by atoms with Crippen LogP contribution in [0, 0.1) is 18.3 Å². The number of carbonyl (C=O) groups is 1. The van der Waals surface area contributed by atoms with Crippen LogP contribution in [0.3, 0.4) is 0 Å². The number of aryl methyl sites for hydroxylation is 1. The van der Waals surface area contributed by atoms with Crippen LogP contribution in [0.25, 0.3) is 21.8 Å². The number of ether oxygens (including phenoxy) is 2. The van der Waals surface area contributed by atoms with Gasteiger partial charge < -0.3 is 19.6 Å². The van der Waals surface area contributed by atoms with Crippen LogP contribution >= 0.6 is 0 Å². The minimum atomic E-state index is -3.51. The zero-order chi connectivity index (χ0) is 27.2. The average Bonchev–Trinajstić information content (AvgIpc) is 3.48. The Kier molecular flexibility index (Phi) is 6.60. The van der Waals surface area contributed by atoms with Crippen molar-refractivity contribution in [3.63, 3.8) is 0 Å². The Hall–Kier alpha value is -3.92. The van der Waals surface area contributed by atoms with Crippen LogP contribution < -0.4 is 4.74 Å². The van der Waals surface area contributed by atoms with Crippen LogP contribution in [0.5, 0.6) is 5.75 Å². The lowest BCUT2D eigenvalue weighted by atomic mass is 10.1. The molecule has 0 amide bonds. The van der Waals surface area contributed by atoms with Crippen molar-refractivity contribution in [3.8, 4) is 11.8 Å². The molecule has 0 bridgehead atoms. The Labute approximate surface area is 219 Å². The van der Waals surface area contributed by atoms with Gasteiger partial charge in [0.1, 0.15) is 23.7 Å². The van der Waals surface area contributed by atoms with E-state index in [1.54, 1.807) is 40.2 Å². The van der Waals surface area contributed by atoms with E-state index in [0.29, 0.717) is 35.5 Å². The number of carboxylic acid groups (broad SMARTS) is 1. The van der Waals surface area contributed by atoms with Crippen molar-refractivity contribution in [1.82, 2.24) is 19.7 Å². The number of aromatic nitrogens is 3. The summed E-state index contributed by atoms with van der Waals surface area (Å²) in [5.74, 6) is -0.643. The van der Waals surface area contributed by atoms with E-state index < -0.39 is 21.8 Å². The van der Waals surface area contributed by atoms with Crippen LogP contribution in [-0.2, 0) is 25.9 Å². The van der Waals surface area contributed by atoms with Crippen LogP contribution in [-0.4, -0.2) is 84.4 Å². The molecule has 1 unspecified atom stereocenters. The summed E-state index contributed by atoms with van der Waals surface area (Å²) in [4.78, 5) is 16.7. The molecular weight excluding hydrogens is 510 g/mol. The number of benzene rings is 2. The number of nitrogens with one attached hydrogen (secondary N) is 1. The van der Waals surface area contributed by atoms with Gasteiger partial charge in [0.25, 0.3) is 0 Å². The van der Waals surface area contributed by atoms with Gasteiger partial charge in [0, 0.05) is 60.7 Å². The maximum Gasteiger partial charge on any atom is 0.323 e. The number of sulfone groups is 1. The number of H-pyrrole nitrogens is 1. The topological polar surface area (TPSA) is 151 Å². The molecule has 2 aromatic heterocycles. The maximum absolute atomic E-state index is 12.6. The summed E-state index contributed by atoms with van der Waals surface area (Å²) < 4.78 is 38.1. The smallest absolute Gasteiger partial charge is 0.323 e. The number of hydrogen-bond acceptors (Lipinski definition) is 8. The van der Waals surface area contributed by atoms with Crippen molar-refractivity contribution in [2.24, 2.45) is 0 Å². The van der Waals surface area contributed by atoms with Crippen LogP contribution in [0.1, 0.15) is 16.7 Å². The third-order valence-corrected chi connectivity index (χ3v) is 8.01. The summed E-state index contributed by atoms with van der Waals surface area (Å²) in [5.41, 5.74) is 3.11. The summed E-state index contributed by atoms with van der Waals surface area (Å²) in [6.45, 7) is 2.86. The lowest BCUT2D eigenvalue weighted by molar-refractivity contribution is -0.150. The van der Waals surface area contributed by atoms with Crippen LogP contribution in [0.15, 0.2) is 41.6 Å². The van der Waals surface area contributed by atoms with Crippen molar-refractivity contribution in [2.75, 3.05) is 33.1 Å². The van der Waals surface area contributed by atoms with Gasteiger partial charge in [0.15, 0.2) is 15.6 Å². The molecule has 1 atom stereocenters. The van der Waals surface area contributed by atoms with Crippen molar-refractivity contribution in [2.45, 2.75) is 30.5 Å². The zero-order valence-electron chi connectivity index (χ0n) is 21.1. The van der Waals surface area contributed by atoms with Crippen LogP contribution in [0.2, 0.25) is 0 Å². The number of fused-ring (bicyclic) bond motifs is 2. The van der Waals surface area contributed by atoms with Crippen molar-refractivity contribution in [3.05, 3.63) is 53.3 Å². The minimum absolute atomic E-state index is 0.0639. The highest BCUT2D eigenvalue weighted by atomic mass is 32.2. The summed E-state index contributed by atoms with van der Waals surface area (Å²) in [7, 11) is -2.05. The lowest BCUT2D eigenvalue weighted by Gasteiger charge is -2.42. The van der Waals surface area contributed by atoms with E-state index in [9.17, 15) is 23.6 Å². The predicted molar refractivity (Wildman–Crippen MR) is 139 cm³/mol. The number of nitriles is 1. The molecule has 2 N–H and O–H groups in total. The summed E-state index contributed by atoms with van der Waals surface area (Å²) in [6.07, 6.45) is 4.45. The molecule has 2 aromatic carbocycles. The Balaban J connectivity index is 1.47. The highest BCUT2D eigenvalue weighted by Gasteiger charge is 2.38. The van der Waals surface area contributed by atoms with E-state index in [2.05, 4.69) is 16.2 Å². The first-order valence-electron chi connectivity index (χ1n) is 11.9. The molecule has 0 saturated carbocycles. The van der Waals surface area contributed by atoms with Gasteiger partial charge in [0.05, 0.1) is 23.6 Å². The third kappa shape index (κ3) is 4.60. The number of rotatable bonds is 9. The highest BCUT2D eigenvalue weighted by Crippen LogP contribution is 2.33. The second kappa shape index (κ2) is 9.75. The molecule has 4 aromatic rings. The first-order valence-corrected chi connectivity index (χ1v) is 13.8. The molecule has 0 spiro atoms. The van der Waals surface area contributed by atoms with Gasteiger partial charge in [-0.05, 0) is 36.8 Å². The van der Waals surface area contributed by atoms with E-state index in [1.165, 1.54) is 13.4 Å². The number of aliphatic carboxylic acids is 1. The fraction of sp³-hybridized carbons (Fsp3) is 0.346. The van der Waals surface area contributed by atoms with E-state index in [1.807, 2.05) is 13.0 Å². The van der Waals surface area contributed by atoms with Gasteiger partial charge in [-0.3, -0.25) is 14.4 Å². The molecule has 1 saturated heterocycles. The Morgan fingerprint density at radius 2 is 2.11 bits per heavy atom. The number of carboxylic acids is 1. The van der Waals surface area contributed by atoms with Crippen molar-refractivity contribution in [1.29, 1.82) is 5.26 Å². The molecule has 12 heteroatoms. The van der Waals surface area contributed by atoms with E-state index >= 15 is 0 Å². The van der Waals surface area contributed by atoms with Gasteiger partial charge in [-0.15, -0.1) is 0 Å². The second-order valence-corrected chi connectivity index (χ2v) is 11.5. The van der Waals surface area contributed by atoms with Gasteiger partial charge in [-0.2, -0.15) is 10.4 Å². The molecule has 198 valence electrons. The molecule has 1 fully saturated rings. The summed E-state index contributed by atoms with van der Waals surface area (Å²) >= 11 is 0. The minimum Gasteiger partial charge on any atom is -0.484 e. The van der Waals surface area contributed by atoms with Gasteiger partial charge in [-0.1, -0.05) is 0 Å². The first kappa shape index (κ1) is 25.7. The largest absolute Gasteiger partial charge is 0.484 e. The predicted octanol–water partition coefficient (Wildman–Crippen LogP) is 2.31. The maximum atomic E-state index is 12.6. The molecule has 1 aliphatic rings. The summed E-state index contributed by atoms with van der Waals surface area (Å²) in [5, 5.41) is 25.4. The standard InChI is InChI=1S/C26H27N5O6S/c1-15-8-22(38(3,34)35)20(19-6-7-28-23(15)19)13-31-10-17-5-4-16(9-27)25(24(17)29-31)37-18-11-30(12-18)21(14-36-2)26(32)33/h4-8,10,18,21,28H,11-14H2,1-3H3,(H,32,33). The van der Waals surface area contributed by atoms with Crippen LogP contribution in [0.4, 0.5) is 0 Å². The fourth-order valence-corrected chi connectivity index (χ4v) is 5.96. The van der Waals surface area contributed by atoms with Gasteiger partial charge in [0.2, 0.25) is 0 Å². The number of methoxy groups -OCH3 is 1. The lowest BCUT2D eigenvalue weighted by Crippen LogP contribution is -2.61. The van der Waals surface area contributed by atoms with E-state index in [4.69, 9.17) is 9.47 Å². The summed E-state index contributed by atoms with van der Waals surface area (Å²) in [6, 6.07) is 8.33. The molecule has 1 aliphatic heterocycles. The Morgan fingerprint density at radius 1 is 1.34 bits per heavy atom. The Morgan fingerprint density at radius 3 is 2.76 bits per heavy atom. The highest BCUT2D eigenvalue weighted by molar-refractivity contribution is 7.90. The molecular formula is C26H27N5O6S. The first-order chi connectivity index (χ1) is 18.1. The zero-order valence-corrected chi connectivity index (χ0v) is 21.9. The second-order valence-electron chi connectivity index (χ2n) is 9.53. The quantitative estimate of drug-likeness (QED) is 0.328. The van der Waals surface area contributed by atoms with Crippen molar-refractivity contribution >= 4 is 37.6 Å². The number of nitrogens with zero attached hydrogens (tertiary/aromatic N) is 4. The van der Waals surface area contributed by atoms with Gasteiger partial charge in [-0.25, -0.2) is 8.42 Å².